The molecule has 0 bridgehead atoms. The van der Waals surface area contributed by atoms with Gasteiger partial charge in [0.25, 0.3) is 0 Å². The lowest BCUT2D eigenvalue weighted by Gasteiger charge is -2.26. The lowest BCUT2D eigenvalue weighted by atomic mass is 9.99. The lowest BCUT2D eigenvalue weighted by Crippen LogP contribution is -2.31. The molecule has 4 nitrogen and oxygen atoms in total. The van der Waals surface area contributed by atoms with E-state index in [0.717, 1.165) is 12.8 Å². The zero-order valence-electron chi connectivity index (χ0n) is 9.04. The van der Waals surface area contributed by atoms with Crippen molar-refractivity contribution >= 4 is 11.6 Å². The van der Waals surface area contributed by atoms with Gasteiger partial charge in [0, 0.05) is 17.9 Å². The molecule has 1 rings (SSSR count). The Morgan fingerprint density at radius 1 is 1.36 bits per heavy atom. The first-order valence-corrected chi connectivity index (χ1v) is 4.90. The fourth-order valence-electron chi connectivity index (χ4n) is 1.45. The number of nitrogens with two attached hydrogens (primary N) is 1. The Hall–Kier alpha value is -1.32. The number of nitrogen functional groups attached to an aromatic ring is 1. The predicted octanol–water partition coefficient (Wildman–Crippen LogP) is 2.05. The Morgan fingerprint density at radius 2 is 2.00 bits per heavy atom. The summed E-state index contributed by atoms with van der Waals surface area (Å²) in [4.78, 5) is 8.12. The minimum atomic E-state index is 0.0128. The highest BCUT2D eigenvalue weighted by molar-refractivity contribution is 5.56. The van der Waals surface area contributed by atoms with E-state index in [1.807, 2.05) is 0 Å². The second-order valence-electron chi connectivity index (χ2n) is 4.05. The fraction of sp³-hybridized carbons (Fsp3) is 0.600. The van der Waals surface area contributed by atoms with Gasteiger partial charge in [-0.05, 0) is 20.3 Å². The summed E-state index contributed by atoms with van der Waals surface area (Å²) in [5, 5.41) is 3.29. The van der Waals surface area contributed by atoms with Crippen LogP contribution in [0.2, 0.25) is 0 Å². The summed E-state index contributed by atoms with van der Waals surface area (Å²) in [6.45, 7) is 6.42. The number of hydrogen-bond acceptors (Lipinski definition) is 4. The summed E-state index contributed by atoms with van der Waals surface area (Å²) in [6, 6.07) is 0. The Balaban J connectivity index is 2.73. The maximum absolute atomic E-state index is 5.69. The van der Waals surface area contributed by atoms with Crippen molar-refractivity contribution in [3.63, 3.8) is 0 Å². The molecule has 14 heavy (non-hydrogen) atoms. The molecule has 0 amide bonds. The molecule has 1 aromatic rings. The van der Waals surface area contributed by atoms with Gasteiger partial charge in [-0.2, -0.15) is 0 Å². The third kappa shape index (κ3) is 2.87. The number of aromatic nitrogens is 2. The average molecular weight is 194 g/mol. The van der Waals surface area contributed by atoms with E-state index in [-0.39, 0.29) is 5.54 Å². The van der Waals surface area contributed by atoms with Crippen LogP contribution in [0.5, 0.6) is 0 Å². The molecule has 1 heterocycles. The largest absolute Gasteiger partial charge is 0.381 e. The van der Waals surface area contributed by atoms with Crippen LogP contribution in [0.3, 0.4) is 0 Å². The van der Waals surface area contributed by atoms with E-state index in [0.29, 0.717) is 11.6 Å². The van der Waals surface area contributed by atoms with E-state index in [1.54, 1.807) is 12.4 Å². The van der Waals surface area contributed by atoms with Crippen molar-refractivity contribution in [2.45, 2.75) is 39.2 Å². The van der Waals surface area contributed by atoms with Gasteiger partial charge in [0.05, 0.1) is 0 Å². The first kappa shape index (κ1) is 10.8. The van der Waals surface area contributed by atoms with Gasteiger partial charge in [-0.3, -0.25) is 0 Å². The van der Waals surface area contributed by atoms with Gasteiger partial charge in [0.15, 0.2) is 11.6 Å². The van der Waals surface area contributed by atoms with E-state index in [4.69, 9.17) is 5.73 Å². The van der Waals surface area contributed by atoms with E-state index >= 15 is 0 Å². The molecule has 0 fully saturated rings. The summed E-state index contributed by atoms with van der Waals surface area (Å²) in [7, 11) is 0. The van der Waals surface area contributed by atoms with Crippen LogP contribution in [0.15, 0.2) is 12.4 Å². The molecule has 0 atom stereocenters. The van der Waals surface area contributed by atoms with Gasteiger partial charge in [-0.15, -0.1) is 0 Å². The first-order chi connectivity index (χ1) is 6.55. The van der Waals surface area contributed by atoms with E-state index in [1.165, 1.54) is 0 Å². The standard InChI is InChI=1S/C10H18N4/c1-4-5-10(2,3)14-9-8(11)12-6-7-13-9/h6-7H,4-5H2,1-3H3,(H2,11,12)(H,13,14). The minimum absolute atomic E-state index is 0.0128. The van der Waals surface area contributed by atoms with Crippen molar-refractivity contribution in [2.24, 2.45) is 0 Å². The van der Waals surface area contributed by atoms with Crippen molar-refractivity contribution < 1.29 is 0 Å². The summed E-state index contributed by atoms with van der Waals surface area (Å²) in [5.41, 5.74) is 5.70. The number of rotatable bonds is 4. The average Bonchev–Trinajstić information content (AvgIpc) is 2.08. The van der Waals surface area contributed by atoms with Crippen LogP contribution in [0.25, 0.3) is 0 Å². The summed E-state index contributed by atoms with van der Waals surface area (Å²) in [6.07, 6.45) is 5.43. The Bertz CT molecular complexity index is 296. The monoisotopic (exact) mass is 194 g/mol. The normalized spacial score (nSPS) is 11.4. The molecule has 0 saturated carbocycles. The molecule has 78 valence electrons. The van der Waals surface area contributed by atoms with Crippen LogP contribution < -0.4 is 11.1 Å². The quantitative estimate of drug-likeness (QED) is 0.770. The molecule has 0 radical (unpaired) electrons. The third-order valence-corrected chi connectivity index (χ3v) is 2.06. The number of nitrogens with one attached hydrogen (secondary N) is 1. The van der Waals surface area contributed by atoms with Crippen LogP contribution >= 0.6 is 0 Å². The number of hydrogen-bond donors (Lipinski definition) is 2. The van der Waals surface area contributed by atoms with Crippen molar-refractivity contribution in [1.82, 2.24) is 9.97 Å². The Morgan fingerprint density at radius 3 is 2.57 bits per heavy atom. The van der Waals surface area contributed by atoms with Gasteiger partial charge >= 0.3 is 0 Å². The SMILES string of the molecule is CCCC(C)(C)Nc1nccnc1N. The molecule has 3 N–H and O–H groups in total. The van der Waals surface area contributed by atoms with Gasteiger partial charge < -0.3 is 11.1 Å². The maximum Gasteiger partial charge on any atom is 0.169 e. The van der Waals surface area contributed by atoms with Gasteiger partial charge in [0.1, 0.15) is 0 Å². The van der Waals surface area contributed by atoms with E-state index in [9.17, 15) is 0 Å². The maximum atomic E-state index is 5.69. The third-order valence-electron chi connectivity index (χ3n) is 2.06. The van der Waals surface area contributed by atoms with Gasteiger partial charge in [0.2, 0.25) is 0 Å². The van der Waals surface area contributed by atoms with Crippen molar-refractivity contribution in [2.75, 3.05) is 11.1 Å². The molecule has 0 aliphatic heterocycles. The smallest absolute Gasteiger partial charge is 0.169 e. The second kappa shape index (κ2) is 4.26. The highest BCUT2D eigenvalue weighted by Crippen LogP contribution is 2.20. The van der Waals surface area contributed by atoms with Crippen molar-refractivity contribution in [3.05, 3.63) is 12.4 Å². The summed E-state index contributed by atoms with van der Waals surface area (Å²) in [5.74, 6) is 1.13. The molecule has 0 spiro atoms. The first-order valence-electron chi connectivity index (χ1n) is 4.90. The molecule has 0 unspecified atom stereocenters. The van der Waals surface area contributed by atoms with Crippen LogP contribution in [0, 0.1) is 0 Å². The Labute approximate surface area is 85.0 Å². The summed E-state index contributed by atoms with van der Waals surface area (Å²) >= 11 is 0. The van der Waals surface area contributed by atoms with Crippen LogP contribution in [-0.2, 0) is 0 Å². The number of anilines is 2. The molecule has 0 aromatic carbocycles. The van der Waals surface area contributed by atoms with E-state index in [2.05, 4.69) is 36.1 Å². The van der Waals surface area contributed by atoms with Gasteiger partial charge in [-0.25, -0.2) is 9.97 Å². The van der Waals surface area contributed by atoms with Crippen LogP contribution in [0.1, 0.15) is 33.6 Å². The van der Waals surface area contributed by atoms with Crippen LogP contribution in [0.4, 0.5) is 11.6 Å². The fourth-order valence-corrected chi connectivity index (χ4v) is 1.45. The molecular formula is C10H18N4. The van der Waals surface area contributed by atoms with Gasteiger partial charge in [-0.1, -0.05) is 13.3 Å². The molecule has 0 aliphatic carbocycles. The molecule has 0 saturated heterocycles. The van der Waals surface area contributed by atoms with Crippen LogP contribution in [-0.4, -0.2) is 15.5 Å². The topological polar surface area (TPSA) is 63.8 Å². The predicted molar refractivity (Wildman–Crippen MR) is 59.1 cm³/mol. The summed E-state index contributed by atoms with van der Waals surface area (Å²) < 4.78 is 0. The molecular weight excluding hydrogens is 176 g/mol. The highest BCUT2D eigenvalue weighted by atomic mass is 15.1. The zero-order valence-corrected chi connectivity index (χ0v) is 9.04. The van der Waals surface area contributed by atoms with E-state index < -0.39 is 0 Å². The highest BCUT2D eigenvalue weighted by Gasteiger charge is 2.17. The molecule has 0 aliphatic rings. The van der Waals surface area contributed by atoms with Crippen molar-refractivity contribution in [1.29, 1.82) is 0 Å². The second-order valence-corrected chi connectivity index (χ2v) is 4.05. The van der Waals surface area contributed by atoms with Crippen molar-refractivity contribution in [3.8, 4) is 0 Å². The lowest BCUT2D eigenvalue weighted by molar-refractivity contribution is 0.509. The zero-order chi connectivity index (χ0) is 10.6. The molecule has 4 heteroatoms. The molecule has 1 aromatic heterocycles. The minimum Gasteiger partial charge on any atom is -0.381 e. The number of nitrogens with zero attached hydrogens (tertiary/aromatic N) is 2. The Kier molecular flexibility index (Phi) is 3.28.